The fraction of sp³-hybridized carbons (Fsp3) is 0.227. The number of nitrogens with one attached hydrogen (secondary N) is 2. The van der Waals surface area contributed by atoms with E-state index in [0.717, 1.165) is 22.2 Å². The molecule has 0 spiro atoms. The van der Waals surface area contributed by atoms with Gasteiger partial charge in [0.15, 0.2) is 0 Å². The summed E-state index contributed by atoms with van der Waals surface area (Å²) in [4.78, 5) is 31.7. The summed E-state index contributed by atoms with van der Waals surface area (Å²) in [6, 6.07) is 15.4. The van der Waals surface area contributed by atoms with Crippen molar-refractivity contribution in [1.29, 1.82) is 0 Å². The molecule has 4 aromatic rings. The molecule has 7 nitrogen and oxygen atoms in total. The van der Waals surface area contributed by atoms with Crippen molar-refractivity contribution in [2.24, 2.45) is 0 Å². The van der Waals surface area contributed by atoms with E-state index in [4.69, 9.17) is 4.42 Å². The Balaban J connectivity index is 1.39. The highest BCUT2D eigenvalue weighted by atomic mass is 16.4. The van der Waals surface area contributed by atoms with Gasteiger partial charge in [0, 0.05) is 18.7 Å². The summed E-state index contributed by atoms with van der Waals surface area (Å²) in [5.41, 5.74) is 4.04. The molecule has 148 valence electrons. The number of aromatic amines is 1. The largest absolute Gasteiger partial charge is 0.441 e. The van der Waals surface area contributed by atoms with Crippen LogP contribution in [0.3, 0.4) is 0 Å². The number of hydrogen-bond acceptors (Lipinski definition) is 4. The van der Waals surface area contributed by atoms with Crippen LogP contribution >= 0.6 is 0 Å². The summed E-state index contributed by atoms with van der Waals surface area (Å²) < 4.78 is 7.36. The van der Waals surface area contributed by atoms with E-state index in [1.165, 1.54) is 0 Å². The lowest BCUT2D eigenvalue weighted by atomic mass is 10.1. The SMILES string of the molecule is Cc1cccc(-c2nc(CC(=O)NCCn3c(=O)[nH]c4ccccc43)c(C)o2)c1. The van der Waals surface area contributed by atoms with E-state index in [-0.39, 0.29) is 18.0 Å². The number of fused-ring (bicyclic) bond motifs is 1. The average Bonchev–Trinajstić information content (AvgIpc) is 3.21. The second-order valence-corrected chi connectivity index (χ2v) is 7.02. The summed E-state index contributed by atoms with van der Waals surface area (Å²) in [5, 5.41) is 2.85. The summed E-state index contributed by atoms with van der Waals surface area (Å²) in [6.07, 6.45) is 0.129. The average molecular weight is 390 g/mol. The molecule has 1 amide bonds. The lowest BCUT2D eigenvalue weighted by molar-refractivity contribution is -0.120. The minimum Gasteiger partial charge on any atom is -0.441 e. The fourth-order valence-corrected chi connectivity index (χ4v) is 3.34. The van der Waals surface area contributed by atoms with Crippen molar-refractivity contribution in [2.75, 3.05) is 6.54 Å². The van der Waals surface area contributed by atoms with E-state index in [2.05, 4.69) is 15.3 Å². The van der Waals surface area contributed by atoms with Crippen LogP contribution < -0.4 is 11.0 Å². The number of nitrogens with zero attached hydrogens (tertiary/aromatic N) is 2. The number of aromatic nitrogens is 3. The Hall–Kier alpha value is -3.61. The highest BCUT2D eigenvalue weighted by Crippen LogP contribution is 2.22. The van der Waals surface area contributed by atoms with Crippen LogP contribution in [0.1, 0.15) is 17.0 Å². The standard InChI is InChI=1S/C22H22N4O3/c1-14-6-5-7-16(12-14)21-24-18(15(2)29-21)13-20(27)23-10-11-26-19-9-4-3-8-17(19)25-22(26)28/h3-9,12H,10-11,13H2,1-2H3,(H,23,27)(H,25,28). The molecule has 0 fully saturated rings. The van der Waals surface area contributed by atoms with Gasteiger partial charge in [-0.05, 0) is 38.1 Å². The normalized spacial score (nSPS) is 11.1. The van der Waals surface area contributed by atoms with Crippen molar-refractivity contribution in [3.8, 4) is 11.5 Å². The van der Waals surface area contributed by atoms with Gasteiger partial charge in [-0.1, -0.05) is 29.8 Å². The lowest BCUT2D eigenvalue weighted by Crippen LogP contribution is -2.31. The number of imidazole rings is 1. The molecule has 0 bridgehead atoms. The summed E-state index contributed by atoms with van der Waals surface area (Å²) in [7, 11) is 0. The van der Waals surface area contributed by atoms with Crippen molar-refractivity contribution in [1.82, 2.24) is 19.9 Å². The molecule has 2 aromatic carbocycles. The molecule has 0 aliphatic rings. The summed E-state index contributed by atoms with van der Waals surface area (Å²) in [5.74, 6) is 0.980. The maximum Gasteiger partial charge on any atom is 0.326 e. The number of H-pyrrole nitrogens is 1. The zero-order chi connectivity index (χ0) is 20.4. The van der Waals surface area contributed by atoms with Gasteiger partial charge >= 0.3 is 5.69 Å². The van der Waals surface area contributed by atoms with E-state index in [0.29, 0.717) is 30.4 Å². The minimum absolute atomic E-state index is 0.129. The van der Waals surface area contributed by atoms with Gasteiger partial charge in [-0.15, -0.1) is 0 Å². The number of oxazole rings is 1. The Labute approximate surface area is 167 Å². The fourth-order valence-electron chi connectivity index (χ4n) is 3.34. The number of carbonyl (C=O) groups excluding carboxylic acids is 1. The van der Waals surface area contributed by atoms with Crippen molar-refractivity contribution in [3.05, 3.63) is 76.0 Å². The number of rotatable bonds is 6. The Morgan fingerprint density at radius 2 is 2.00 bits per heavy atom. The van der Waals surface area contributed by atoms with Gasteiger partial charge in [-0.2, -0.15) is 0 Å². The lowest BCUT2D eigenvalue weighted by Gasteiger charge is -2.06. The van der Waals surface area contributed by atoms with E-state index in [1.807, 2.05) is 55.5 Å². The number of benzene rings is 2. The number of aryl methyl sites for hydroxylation is 2. The molecule has 0 atom stereocenters. The van der Waals surface area contributed by atoms with Gasteiger partial charge in [-0.25, -0.2) is 9.78 Å². The Bertz CT molecular complexity index is 1230. The molecular weight excluding hydrogens is 368 g/mol. The molecule has 0 aliphatic carbocycles. The third-order valence-corrected chi connectivity index (χ3v) is 4.82. The molecule has 2 heterocycles. The van der Waals surface area contributed by atoms with Gasteiger partial charge in [0.1, 0.15) is 5.76 Å². The van der Waals surface area contributed by atoms with Crippen molar-refractivity contribution in [2.45, 2.75) is 26.8 Å². The zero-order valence-corrected chi connectivity index (χ0v) is 16.4. The highest BCUT2D eigenvalue weighted by Gasteiger charge is 2.15. The summed E-state index contributed by atoms with van der Waals surface area (Å²) in [6.45, 7) is 4.55. The molecule has 0 aliphatic heterocycles. The maximum absolute atomic E-state index is 12.4. The van der Waals surface area contributed by atoms with Crippen LogP contribution in [-0.2, 0) is 17.8 Å². The molecule has 0 radical (unpaired) electrons. The number of carbonyl (C=O) groups is 1. The van der Waals surface area contributed by atoms with Crippen LogP contribution in [0.25, 0.3) is 22.5 Å². The van der Waals surface area contributed by atoms with Crippen molar-refractivity contribution >= 4 is 16.9 Å². The third-order valence-electron chi connectivity index (χ3n) is 4.82. The number of amides is 1. The predicted octanol–water partition coefficient (Wildman–Crippen LogP) is 2.96. The molecule has 0 saturated carbocycles. The third kappa shape index (κ3) is 3.99. The molecule has 4 rings (SSSR count). The van der Waals surface area contributed by atoms with Crippen LogP contribution in [0, 0.1) is 13.8 Å². The molecule has 2 aromatic heterocycles. The smallest absolute Gasteiger partial charge is 0.326 e. The first-order chi connectivity index (χ1) is 14.0. The van der Waals surface area contributed by atoms with Crippen LogP contribution in [-0.4, -0.2) is 27.0 Å². The van der Waals surface area contributed by atoms with Gasteiger partial charge < -0.3 is 14.7 Å². The molecule has 29 heavy (non-hydrogen) atoms. The maximum atomic E-state index is 12.4. The van der Waals surface area contributed by atoms with Gasteiger partial charge in [0.05, 0.1) is 23.1 Å². The van der Waals surface area contributed by atoms with Gasteiger partial charge in [0.25, 0.3) is 0 Å². The molecule has 2 N–H and O–H groups in total. The van der Waals surface area contributed by atoms with E-state index in [1.54, 1.807) is 11.5 Å². The number of hydrogen-bond donors (Lipinski definition) is 2. The molecule has 0 saturated heterocycles. The Kier molecular flexibility index (Phi) is 5.03. The summed E-state index contributed by atoms with van der Waals surface area (Å²) >= 11 is 0. The zero-order valence-electron chi connectivity index (χ0n) is 16.4. The van der Waals surface area contributed by atoms with Gasteiger partial charge in [-0.3, -0.25) is 9.36 Å². The van der Waals surface area contributed by atoms with E-state index >= 15 is 0 Å². The van der Waals surface area contributed by atoms with Crippen molar-refractivity contribution in [3.63, 3.8) is 0 Å². The van der Waals surface area contributed by atoms with E-state index in [9.17, 15) is 9.59 Å². The second kappa shape index (κ2) is 7.79. The first-order valence-corrected chi connectivity index (χ1v) is 9.49. The van der Waals surface area contributed by atoms with Crippen LogP contribution in [0.2, 0.25) is 0 Å². The second-order valence-electron chi connectivity index (χ2n) is 7.02. The van der Waals surface area contributed by atoms with Crippen LogP contribution in [0.15, 0.2) is 57.7 Å². The van der Waals surface area contributed by atoms with Crippen molar-refractivity contribution < 1.29 is 9.21 Å². The minimum atomic E-state index is -0.185. The Morgan fingerprint density at radius 1 is 1.17 bits per heavy atom. The first kappa shape index (κ1) is 18.7. The number of para-hydroxylation sites is 2. The topological polar surface area (TPSA) is 92.9 Å². The van der Waals surface area contributed by atoms with E-state index < -0.39 is 0 Å². The molecule has 7 heteroatoms. The predicted molar refractivity (Wildman–Crippen MR) is 111 cm³/mol. The van der Waals surface area contributed by atoms with Crippen LogP contribution in [0.4, 0.5) is 0 Å². The quantitative estimate of drug-likeness (QED) is 0.529. The van der Waals surface area contributed by atoms with Gasteiger partial charge in [0.2, 0.25) is 11.8 Å². The molecular formula is C22H22N4O3. The Morgan fingerprint density at radius 3 is 2.83 bits per heavy atom. The monoisotopic (exact) mass is 390 g/mol. The first-order valence-electron chi connectivity index (χ1n) is 9.49. The van der Waals surface area contributed by atoms with Crippen LogP contribution in [0.5, 0.6) is 0 Å². The highest BCUT2D eigenvalue weighted by molar-refractivity contribution is 5.78. The molecule has 0 unspecified atom stereocenters.